The number of nitrogens with zero attached hydrogens (tertiary/aromatic N) is 2. The van der Waals surface area contributed by atoms with Crippen LogP contribution in [0.2, 0.25) is 0 Å². The topological polar surface area (TPSA) is 101 Å². The first-order valence-electron chi connectivity index (χ1n) is 5.76. The monoisotopic (exact) mass is 305 g/mol. The third-order valence-corrected chi connectivity index (χ3v) is 5.62. The SMILES string of the molecule is CCn1cnc(S(=O)(=O)NC2(C(=O)O)CCSC2)c1. The van der Waals surface area contributed by atoms with Crippen LogP contribution in [0.3, 0.4) is 0 Å². The molecule has 106 valence electrons. The highest BCUT2D eigenvalue weighted by atomic mass is 32.2. The molecule has 1 unspecified atom stereocenters. The minimum atomic E-state index is -3.91. The van der Waals surface area contributed by atoms with Crippen LogP contribution in [0.5, 0.6) is 0 Å². The highest BCUT2D eigenvalue weighted by Gasteiger charge is 2.45. The maximum atomic E-state index is 12.2. The van der Waals surface area contributed by atoms with Crippen LogP contribution in [-0.2, 0) is 21.4 Å². The van der Waals surface area contributed by atoms with Crippen LogP contribution in [0.4, 0.5) is 0 Å². The summed E-state index contributed by atoms with van der Waals surface area (Å²) in [4.78, 5) is 15.1. The molecule has 1 aliphatic heterocycles. The Morgan fingerprint density at radius 3 is 2.89 bits per heavy atom. The summed E-state index contributed by atoms with van der Waals surface area (Å²) in [5, 5.41) is 9.11. The van der Waals surface area contributed by atoms with Crippen molar-refractivity contribution in [3.8, 4) is 0 Å². The van der Waals surface area contributed by atoms with Crippen molar-refractivity contribution in [1.82, 2.24) is 14.3 Å². The van der Waals surface area contributed by atoms with Gasteiger partial charge in [-0.05, 0) is 19.1 Å². The summed E-state index contributed by atoms with van der Waals surface area (Å²) in [6, 6.07) is 0. The van der Waals surface area contributed by atoms with Crippen molar-refractivity contribution in [2.45, 2.75) is 30.5 Å². The lowest BCUT2D eigenvalue weighted by molar-refractivity contribution is -0.142. The van der Waals surface area contributed by atoms with Gasteiger partial charge in [-0.1, -0.05) is 0 Å². The number of thioether (sulfide) groups is 1. The van der Waals surface area contributed by atoms with E-state index in [9.17, 15) is 18.3 Å². The molecule has 1 aromatic rings. The van der Waals surface area contributed by atoms with Crippen LogP contribution < -0.4 is 4.72 Å². The van der Waals surface area contributed by atoms with Crippen molar-refractivity contribution in [3.63, 3.8) is 0 Å². The highest BCUT2D eigenvalue weighted by molar-refractivity contribution is 7.99. The lowest BCUT2D eigenvalue weighted by Gasteiger charge is -2.23. The van der Waals surface area contributed by atoms with Gasteiger partial charge in [0.25, 0.3) is 10.0 Å². The molecule has 1 fully saturated rings. The lowest BCUT2D eigenvalue weighted by atomic mass is 10.0. The fraction of sp³-hybridized carbons (Fsp3) is 0.600. The number of nitrogens with one attached hydrogen (secondary N) is 1. The molecule has 0 amide bonds. The number of hydrogen-bond donors (Lipinski definition) is 2. The number of carbonyl (C=O) groups is 1. The lowest BCUT2D eigenvalue weighted by Crippen LogP contribution is -2.54. The summed E-state index contributed by atoms with van der Waals surface area (Å²) in [5.74, 6) is -0.287. The molecule has 1 atom stereocenters. The average Bonchev–Trinajstić information content (AvgIpc) is 2.96. The summed E-state index contributed by atoms with van der Waals surface area (Å²) in [6.45, 7) is 2.46. The van der Waals surface area contributed by atoms with Crippen molar-refractivity contribution in [2.75, 3.05) is 11.5 Å². The Labute approximate surface area is 115 Å². The maximum Gasteiger partial charge on any atom is 0.325 e. The van der Waals surface area contributed by atoms with Gasteiger partial charge in [0.15, 0.2) is 5.03 Å². The van der Waals surface area contributed by atoms with Gasteiger partial charge in [0.05, 0.1) is 6.33 Å². The van der Waals surface area contributed by atoms with Crippen molar-refractivity contribution in [3.05, 3.63) is 12.5 Å². The third-order valence-electron chi connectivity index (χ3n) is 3.01. The van der Waals surface area contributed by atoms with Gasteiger partial charge in [-0.25, -0.2) is 13.4 Å². The Bertz CT molecular complexity index is 575. The molecule has 0 bridgehead atoms. The molecule has 9 heteroatoms. The summed E-state index contributed by atoms with van der Waals surface area (Å²) < 4.78 is 28.2. The molecular formula is C10H15N3O4S2. The van der Waals surface area contributed by atoms with E-state index in [2.05, 4.69) is 9.71 Å². The Hall–Kier alpha value is -1.06. The molecule has 0 aromatic carbocycles. The van der Waals surface area contributed by atoms with Crippen molar-refractivity contribution >= 4 is 27.8 Å². The summed E-state index contributed by atoms with van der Waals surface area (Å²) in [7, 11) is -3.91. The minimum Gasteiger partial charge on any atom is -0.480 e. The molecule has 2 heterocycles. The standard InChI is InChI=1S/C10H15N3O4S2/c1-2-13-5-8(11-7-13)19(16,17)12-10(9(14)15)3-4-18-6-10/h5,7,12H,2-4,6H2,1H3,(H,14,15). The predicted octanol–water partition coefficient (Wildman–Crippen LogP) is 0.142. The molecule has 2 N–H and O–H groups in total. The van der Waals surface area contributed by atoms with Crippen LogP contribution in [0.1, 0.15) is 13.3 Å². The zero-order valence-electron chi connectivity index (χ0n) is 10.4. The van der Waals surface area contributed by atoms with Gasteiger partial charge in [-0.2, -0.15) is 16.5 Å². The van der Waals surface area contributed by atoms with E-state index >= 15 is 0 Å². The molecule has 0 spiro atoms. The first kappa shape index (κ1) is 14.4. The van der Waals surface area contributed by atoms with E-state index in [4.69, 9.17) is 0 Å². The summed E-state index contributed by atoms with van der Waals surface area (Å²) in [5.41, 5.74) is -1.42. The number of aromatic nitrogens is 2. The quantitative estimate of drug-likeness (QED) is 0.802. The second-order valence-corrected chi connectivity index (χ2v) is 7.07. The molecule has 0 aliphatic carbocycles. The molecule has 0 saturated carbocycles. The van der Waals surface area contributed by atoms with E-state index in [1.54, 1.807) is 4.57 Å². The average molecular weight is 305 g/mol. The van der Waals surface area contributed by atoms with Crippen LogP contribution in [0.15, 0.2) is 17.6 Å². The van der Waals surface area contributed by atoms with E-state index in [1.807, 2.05) is 6.92 Å². The first-order chi connectivity index (χ1) is 8.89. The summed E-state index contributed by atoms with van der Waals surface area (Å²) >= 11 is 1.42. The Morgan fingerprint density at radius 2 is 2.42 bits per heavy atom. The van der Waals surface area contributed by atoms with Crippen molar-refractivity contribution in [1.29, 1.82) is 0 Å². The molecular weight excluding hydrogens is 290 g/mol. The first-order valence-corrected chi connectivity index (χ1v) is 8.40. The molecule has 1 aliphatic rings. The van der Waals surface area contributed by atoms with Gasteiger partial charge < -0.3 is 9.67 Å². The molecule has 2 rings (SSSR count). The van der Waals surface area contributed by atoms with Crippen LogP contribution in [0.25, 0.3) is 0 Å². The second-order valence-electron chi connectivity index (χ2n) is 4.34. The molecule has 1 aromatic heterocycles. The number of sulfonamides is 1. The number of imidazole rings is 1. The Balaban J connectivity index is 2.27. The van der Waals surface area contributed by atoms with Crippen molar-refractivity contribution < 1.29 is 18.3 Å². The smallest absolute Gasteiger partial charge is 0.325 e. The van der Waals surface area contributed by atoms with E-state index in [0.29, 0.717) is 12.3 Å². The number of aryl methyl sites for hydroxylation is 1. The zero-order chi connectivity index (χ0) is 14.1. The van der Waals surface area contributed by atoms with E-state index in [1.165, 1.54) is 24.3 Å². The van der Waals surface area contributed by atoms with Gasteiger partial charge in [0.1, 0.15) is 5.54 Å². The number of aliphatic carboxylic acids is 1. The second kappa shape index (κ2) is 5.14. The van der Waals surface area contributed by atoms with Gasteiger partial charge in [-0.15, -0.1) is 0 Å². The minimum absolute atomic E-state index is 0.146. The summed E-state index contributed by atoms with van der Waals surface area (Å²) in [6.07, 6.45) is 3.08. The fourth-order valence-electron chi connectivity index (χ4n) is 1.82. The largest absolute Gasteiger partial charge is 0.480 e. The maximum absolute atomic E-state index is 12.2. The van der Waals surface area contributed by atoms with Gasteiger partial charge in [0.2, 0.25) is 0 Å². The number of hydrogen-bond acceptors (Lipinski definition) is 5. The molecule has 19 heavy (non-hydrogen) atoms. The van der Waals surface area contributed by atoms with Gasteiger partial charge in [-0.3, -0.25) is 4.79 Å². The van der Waals surface area contributed by atoms with E-state index in [0.717, 1.165) is 0 Å². The van der Waals surface area contributed by atoms with Gasteiger partial charge >= 0.3 is 5.97 Å². The predicted molar refractivity (Wildman–Crippen MR) is 70.5 cm³/mol. The fourth-order valence-corrected chi connectivity index (χ4v) is 4.58. The zero-order valence-corrected chi connectivity index (χ0v) is 12.0. The molecule has 0 radical (unpaired) electrons. The van der Waals surface area contributed by atoms with Gasteiger partial charge in [0, 0.05) is 18.5 Å². The Kier molecular flexibility index (Phi) is 3.88. The van der Waals surface area contributed by atoms with Crippen LogP contribution >= 0.6 is 11.8 Å². The Morgan fingerprint density at radius 1 is 1.68 bits per heavy atom. The molecule has 7 nitrogen and oxygen atoms in total. The third kappa shape index (κ3) is 2.77. The van der Waals surface area contributed by atoms with E-state index in [-0.39, 0.29) is 17.2 Å². The number of carboxylic acids is 1. The van der Waals surface area contributed by atoms with Crippen LogP contribution in [-0.4, -0.2) is 46.1 Å². The number of carboxylic acid groups (broad SMARTS) is 1. The normalized spacial score (nSPS) is 23.6. The number of rotatable bonds is 5. The highest BCUT2D eigenvalue weighted by Crippen LogP contribution is 2.29. The van der Waals surface area contributed by atoms with Crippen LogP contribution in [0, 0.1) is 0 Å². The van der Waals surface area contributed by atoms with E-state index < -0.39 is 21.5 Å². The molecule has 1 saturated heterocycles. The van der Waals surface area contributed by atoms with Crippen molar-refractivity contribution in [2.24, 2.45) is 0 Å².